The second-order valence-corrected chi connectivity index (χ2v) is 2.18. The van der Waals surface area contributed by atoms with Crippen molar-refractivity contribution in [1.29, 1.82) is 10.7 Å². The van der Waals surface area contributed by atoms with Gasteiger partial charge < -0.3 is 5.41 Å². The number of hydrogen-bond acceptors (Lipinski definition) is 2. The van der Waals surface area contributed by atoms with Crippen LogP contribution >= 0.6 is 0 Å². The van der Waals surface area contributed by atoms with E-state index in [1.807, 2.05) is 18.2 Å². The average molecular weight is 132 g/mol. The number of rotatable bonds is 1. The topological polar surface area (TPSA) is 47.6 Å². The zero-order valence-electron chi connectivity index (χ0n) is 5.54. The Balaban J connectivity index is 2.65. The molecule has 1 aliphatic carbocycles. The number of allylic oxidation sites excluding steroid dienone is 4. The monoisotopic (exact) mass is 132 g/mol. The third-order valence-corrected chi connectivity index (χ3v) is 1.46. The van der Waals surface area contributed by atoms with Crippen molar-refractivity contribution in [3.8, 4) is 6.07 Å². The molecule has 0 aromatic carbocycles. The first-order valence-electron chi connectivity index (χ1n) is 3.15. The molecule has 0 saturated carbocycles. The molecule has 2 heteroatoms. The van der Waals surface area contributed by atoms with Gasteiger partial charge >= 0.3 is 0 Å². The Kier molecular flexibility index (Phi) is 2.01. The first kappa shape index (κ1) is 6.76. The predicted molar refractivity (Wildman–Crippen MR) is 39.7 cm³/mol. The van der Waals surface area contributed by atoms with Crippen molar-refractivity contribution in [2.75, 3.05) is 0 Å². The van der Waals surface area contributed by atoms with Crippen LogP contribution in [0.15, 0.2) is 23.8 Å². The molecule has 1 rings (SSSR count). The Bertz CT molecular complexity index is 230. The van der Waals surface area contributed by atoms with Gasteiger partial charge in [-0.15, -0.1) is 0 Å². The standard InChI is InChI=1S/C8H8N2/c9-5-7-1-2-8(6-10)4-3-7/h1-3,5,8-9H,4H2. The Labute approximate surface area is 60.0 Å². The molecule has 0 aromatic heterocycles. The molecule has 0 bridgehead atoms. The maximum Gasteiger partial charge on any atom is 0.0700 e. The normalized spacial score (nSPS) is 23.1. The van der Waals surface area contributed by atoms with E-state index in [0.29, 0.717) is 0 Å². The smallest absolute Gasteiger partial charge is 0.0700 e. The van der Waals surface area contributed by atoms with Crippen LogP contribution < -0.4 is 0 Å². The van der Waals surface area contributed by atoms with E-state index in [9.17, 15) is 0 Å². The fourth-order valence-electron chi connectivity index (χ4n) is 0.840. The first-order valence-corrected chi connectivity index (χ1v) is 3.15. The van der Waals surface area contributed by atoms with Crippen LogP contribution in [-0.2, 0) is 0 Å². The van der Waals surface area contributed by atoms with Crippen molar-refractivity contribution in [3.05, 3.63) is 23.8 Å². The minimum absolute atomic E-state index is 0.0173. The molecule has 0 aromatic rings. The quantitative estimate of drug-likeness (QED) is 0.542. The minimum atomic E-state index is 0.0173. The Morgan fingerprint density at radius 3 is 3.00 bits per heavy atom. The Morgan fingerprint density at radius 2 is 2.60 bits per heavy atom. The molecular formula is C8H8N2. The summed E-state index contributed by atoms with van der Waals surface area (Å²) in [5.41, 5.74) is 0.895. The van der Waals surface area contributed by atoms with Crippen LogP contribution in [0.4, 0.5) is 0 Å². The molecule has 0 radical (unpaired) electrons. The highest BCUT2D eigenvalue weighted by atomic mass is 14.3. The SMILES string of the molecule is N#CC1C=CC(C=N)=CC1. The van der Waals surface area contributed by atoms with E-state index in [1.54, 1.807) is 0 Å². The van der Waals surface area contributed by atoms with Gasteiger partial charge in [-0.2, -0.15) is 5.26 Å². The lowest BCUT2D eigenvalue weighted by molar-refractivity contribution is 0.834. The first-order chi connectivity index (χ1) is 4.86. The molecule has 2 nitrogen and oxygen atoms in total. The molecule has 0 aliphatic heterocycles. The van der Waals surface area contributed by atoms with E-state index in [1.165, 1.54) is 6.21 Å². The maximum absolute atomic E-state index is 8.46. The lowest BCUT2D eigenvalue weighted by Gasteiger charge is -2.04. The molecule has 0 fully saturated rings. The van der Waals surface area contributed by atoms with Crippen LogP contribution in [0.3, 0.4) is 0 Å². The summed E-state index contributed by atoms with van der Waals surface area (Å²) in [4.78, 5) is 0. The zero-order valence-corrected chi connectivity index (χ0v) is 5.54. The third kappa shape index (κ3) is 1.32. The fraction of sp³-hybridized carbons (Fsp3) is 0.250. The van der Waals surface area contributed by atoms with E-state index in [4.69, 9.17) is 10.7 Å². The lowest BCUT2D eigenvalue weighted by atomic mass is 9.99. The molecule has 1 unspecified atom stereocenters. The van der Waals surface area contributed by atoms with E-state index in [-0.39, 0.29) is 5.92 Å². The average Bonchev–Trinajstić information content (AvgIpc) is 2.05. The summed E-state index contributed by atoms with van der Waals surface area (Å²) in [6, 6.07) is 2.14. The summed E-state index contributed by atoms with van der Waals surface area (Å²) < 4.78 is 0. The molecule has 0 spiro atoms. The summed E-state index contributed by atoms with van der Waals surface area (Å²) in [7, 11) is 0. The van der Waals surface area contributed by atoms with E-state index >= 15 is 0 Å². The van der Waals surface area contributed by atoms with Gasteiger partial charge in [-0.3, -0.25) is 0 Å². The molecule has 50 valence electrons. The highest BCUT2D eigenvalue weighted by molar-refractivity contribution is 5.80. The van der Waals surface area contributed by atoms with Crippen molar-refractivity contribution in [1.82, 2.24) is 0 Å². The highest BCUT2D eigenvalue weighted by Crippen LogP contribution is 2.13. The van der Waals surface area contributed by atoms with Gasteiger partial charge in [0, 0.05) is 6.21 Å². The second-order valence-electron chi connectivity index (χ2n) is 2.18. The molecule has 1 aliphatic rings. The largest absolute Gasteiger partial charge is 0.308 e. The summed E-state index contributed by atoms with van der Waals surface area (Å²) >= 11 is 0. The van der Waals surface area contributed by atoms with Crippen LogP contribution in [0.2, 0.25) is 0 Å². The molecular weight excluding hydrogens is 124 g/mol. The van der Waals surface area contributed by atoms with Gasteiger partial charge in [-0.1, -0.05) is 18.2 Å². The van der Waals surface area contributed by atoms with Gasteiger partial charge in [0.25, 0.3) is 0 Å². The summed E-state index contributed by atoms with van der Waals surface area (Å²) in [5, 5.41) is 15.4. The number of nitrogens with zero attached hydrogens (tertiary/aromatic N) is 1. The van der Waals surface area contributed by atoms with Gasteiger partial charge in [0.1, 0.15) is 0 Å². The Hall–Kier alpha value is -1.36. The van der Waals surface area contributed by atoms with Crippen molar-refractivity contribution < 1.29 is 0 Å². The van der Waals surface area contributed by atoms with Crippen LogP contribution in [0.5, 0.6) is 0 Å². The predicted octanol–water partition coefficient (Wildman–Crippen LogP) is 1.66. The lowest BCUT2D eigenvalue weighted by Crippen LogP contribution is -1.96. The number of hydrogen-bond donors (Lipinski definition) is 1. The van der Waals surface area contributed by atoms with E-state index in [0.717, 1.165) is 12.0 Å². The van der Waals surface area contributed by atoms with Crippen molar-refractivity contribution in [2.45, 2.75) is 6.42 Å². The molecule has 0 amide bonds. The molecule has 0 heterocycles. The molecule has 1 N–H and O–H groups in total. The van der Waals surface area contributed by atoms with Gasteiger partial charge in [0.15, 0.2) is 0 Å². The number of nitriles is 1. The molecule has 0 saturated heterocycles. The molecule has 1 atom stereocenters. The maximum atomic E-state index is 8.46. The highest BCUT2D eigenvalue weighted by Gasteiger charge is 2.04. The number of nitrogens with one attached hydrogen (secondary N) is 1. The second kappa shape index (κ2) is 2.98. The van der Waals surface area contributed by atoms with E-state index < -0.39 is 0 Å². The Morgan fingerprint density at radius 1 is 1.80 bits per heavy atom. The van der Waals surface area contributed by atoms with Gasteiger partial charge in [-0.25, -0.2) is 0 Å². The van der Waals surface area contributed by atoms with Crippen LogP contribution in [0.1, 0.15) is 6.42 Å². The third-order valence-electron chi connectivity index (χ3n) is 1.46. The van der Waals surface area contributed by atoms with Crippen molar-refractivity contribution >= 4 is 6.21 Å². The van der Waals surface area contributed by atoms with Crippen molar-refractivity contribution in [2.24, 2.45) is 5.92 Å². The van der Waals surface area contributed by atoms with Crippen molar-refractivity contribution in [3.63, 3.8) is 0 Å². The van der Waals surface area contributed by atoms with Gasteiger partial charge in [0.2, 0.25) is 0 Å². The van der Waals surface area contributed by atoms with Gasteiger partial charge in [0.05, 0.1) is 12.0 Å². The fourth-order valence-corrected chi connectivity index (χ4v) is 0.840. The van der Waals surface area contributed by atoms with Crippen LogP contribution in [0, 0.1) is 22.7 Å². The zero-order chi connectivity index (χ0) is 7.40. The minimum Gasteiger partial charge on any atom is -0.308 e. The van der Waals surface area contributed by atoms with Crippen LogP contribution in [-0.4, -0.2) is 6.21 Å². The van der Waals surface area contributed by atoms with Gasteiger partial charge in [-0.05, 0) is 12.0 Å². The summed E-state index contributed by atoms with van der Waals surface area (Å²) in [6.07, 6.45) is 7.59. The van der Waals surface area contributed by atoms with E-state index in [2.05, 4.69) is 6.07 Å². The summed E-state index contributed by atoms with van der Waals surface area (Å²) in [5.74, 6) is 0.0173. The van der Waals surface area contributed by atoms with Crippen LogP contribution in [0.25, 0.3) is 0 Å². The molecule has 10 heavy (non-hydrogen) atoms. The summed E-state index contributed by atoms with van der Waals surface area (Å²) in [6.45, 7) is 0.